The van der Waals surface area contributed by atoms with E-state index in [1.54, 1.807) is 0 Å². The van der Waals surface area contributed by atoms with E-state index in [1.807, 2.05) is 54.6 Å². The Hall–Kier alpha value is -1.32. The molecule has 0 spiro atoms. The summed E-state index contributed by atoms with van der Waals surface area (Å²) in [5.41, 5.74) is 7.15. The van der Waals surface area contributed by atoms with E-state index in [-0.39, 0.29) is 6.04 Å². The maximum Gasteiger partial charge on any atom is 0.119 e. The van der Waals surface area contributed by atoms with Crippen molar-refractivity contribution in [1.29, 1.82) is 0 Å². The molecule has 0 aliphatic heterocycles. The number of hydrogen-bond donors (Lipinski definition) is 1. The maximum absolute atomic E-state index is 6.09. The second kappa shape index (κ2) is 5.84. The Labute approximate surface area is 110 Å². The maximum atomic E-state index is 6.09. The minimum atomic E-state index is -0.134. The Balaban J connectivity index is 1.99. The lowest BCUT2D eigenvalue weighted by Crippen LogP contribution is -2.19. The van der Waals surface area contributed by atoms with Crippen molar-refractivity contribution in [3.63, 3.8) is 0 Å². The average Bonchev–Trinajstić information content (AvgIpc) is 2.38. The van der Waals surface area contributed by atoms with Gasteiger partial charge in [-0.05, 0) is 23.8 Å². The van der Waals surface area contributed by atoms with E-state index < -0.39 is 0 Å². The monoisotopic (exact) mass is 291 g/mol. The number of nitrogens with two attached hydrogens (primary N) is 1. The first-order chi connectivity index (χ1) is 8.27. The molecule has 0 aliphatic rings. The van der Waals surface area contributed by atoms with E-state index in [1.165, 1.54) is 0 Å². The van der Waals surface area contributed by atoms with Gasteiger partial charge in [-0.1, -0.05) is 52.3 Å². The summed E-state index contributed by atoms with van der Waals surface area (Å²) in [6, 6.07) is 17.5. The minimum Gasteiger partial charge on any atom is -0.492 e. The summed E-state index contributed by atoms with van der Waals surface area (Å²) < 4.78 is 6.65. The van der Waals surface area contributed by atoms with Crippen molar-refractivity contribution in [2.75, 3.05) is 6.61 Å². The molecular formula is C14H14BrNO. The number of halogens is 1. The predicted molar refractivity (Wildman–Crippen MR) is 73.0 cm³/mol. The molecule has 0 heterocycles. The van der Waals surface area contributed by atoms with Gasteiger partial charge < -0.3 is 10.5 Å². The summed E-state index contributed by atoms with van der Waals surface area (Å²) in [7, 11) is 0. The SMILES string of the molecule is NC(COc1ccccc1)c1ccccc1Br. The number of benzene rings is 2. The Morgan fingerprint density at radius 3 is 2.35 bits per heavy atom. The number of para-hydroxylation sites is 1. The highest BCUT2D eigenvalue weighted by atomic mass is 79.9. The average molecular weight is 292 g/mol. The third-order valence-corrected chi connectivity index (χ3v) is 3.20. The third kappa shape index (κ3) is 3.32. The highest BCUT2D eigenvalue weighted by Gasteiger charge is 2.09. The van der Waals surface area contributed by atoms with Gasteiger partial charge in [0.15, 0.2) is 0 Å². The molecule has 0 saturated heterocycles. The van der Waals surface area contributed by atoms with Gasteiger partial charge in [0, 0.05) is 4.47 Å². The predicted octanol–water partition coefficient (Wildman–Crippen LogP) is 3.53. The van der Waals surface area contributed by atoms with E-state index in [9.17, 15) is 0 Å². The summed E-state index contributed by atoms with van der Waals surface area (Å²) in [6.07, 6.45) is 0. The zero-order chi connectivity index (χ0) is 12.1. The van der Waals surface area contributed by atoms with Crippen molar-refractivity contribution in [1.82, 2.24) is 0 Å². The molecule has 0 aliphatic carbocycles. The van der Waals surface area contributed by atoms with E-state index in [0.717, 1.165) is 15.8 Å². The first-order valence-corrected chi connectivity index (χ1v) is 6.24. The van der Waals surface area contributed by atoms with Gasteiger partial charge in [0.1, 0.15) is 12.4 Å². The van der Waals surface area contributed by atoms with Gasteiger partial charge >= 0.3 is 0 Å². The van der Waals surface area contributed by atoms with E-state index >= 15 is 0 Å². The van der Waals surface area contributed by atoms with Gasteiger partial charge in [-0.3, -0.25) is 0 Å². The molecule has 1 atom stereocenters. The highest BCUT2D eigenvalue weighted by molar-refractivity contribution is 9.10. The van der Waals surface area contributed by atoms with Crippen molar-refractivity contribution in [3.05, 3.63) is 64.6 Å². The molecule has 0 aromatic heterocycles. The topological polar surface area (TPSA) is 35.2 Å². The Bertz CT molecular complexity index is 473. The van der Waals surface area contributed by atoms with Crippen LogP contribution in [-0.2, 0) is 0 Å². The van der Waals surface area contributed by atoms with Crippen LogP contribution in [0.5, 0.6) is 5.75 Å². The Kier molecular flexibility index (Phi) is 4.18. The molecule has 0 bridgehead atoms. The van der Waals surface area contributed by atoms with Crippen molar-refractivity contribution < 1.29 is 4.74 Å². The van der Waals surface area contributed by atoms with Gasteiger partial charge in [0.2, 0.25) is 0 Å². The normalized spacial score (nSPS) is 12.1. The summed E-state index contributed by atoms with van der Waals surface area (Å²) in [5, 5.41) is 0. The van der Waals surface area contributed by atoms with Gasteiger partial charge in [-0.25, -0.2) is 0 Å². The van der Waals surface area contributed by atoms with Gasteiger partial charge in [0.25, 0.3) is 0 Å². The molecule has 2 aromatic carbocycles. The summed E-state index contributed by atoms with van der Waals surface area (Å²) in [5.74, 6) is 0.843. The van der Waals surface area contributed by atoms with Gasteiger partial charge in [0.05, 0.1) is 6.04 Å². The first-order valence-electron chi connectivity index (χ1n) is 5.45. The molecule has 2 aromatic rings. The lowest BCUT2D eigenvalue weighted by atomic mass is 10.1. The molecule has 1 unspecified atom stereocenters. The van der Waals surface area contributed by atoms with E-state index in [4.69, 9.17) is 10.5 Å². The number of rotatable bonds is 4. The fourth-order valence-corrected chi connectivity index (χ4v) is 2.15. The van der Waals surface area contributed by atoms with E-state index in [2.05, 4.69) is 15.9 Å². The fraction of sp³-hybridized carbons (Fsp3) is 0.143. The van der Waals surface area contributed by atoms with Crippen molar-refractivity contribution >= 4 is 15.9 Å². The molecule has 2 nitrogen and oxygen atoms in total. The summed E-state index contributed by atoms with van der Waals surface area (Å²) in [6.45, 7) is 0.465. The lowest BCUT2D eigenvalue weighted by Gasteiger charge is -2.14. The van der Waals surface area contributed by atoms with Crippen LogP contribution in [0.1, 0.15) is 11.6 Å². The van der Waals surface area contributed by atoms with Crippen LogP contribution >= 0.6 is 15.9 Å². The fourth-order valence-electron chi connectivity index (χ4n) is 1.57. The molecule has 0 radical (unpaired) electrons. The molecular weight excluding hydrogens is 278 g/mol. The molecule has 2 N–H and O–H groups in total. The molecule has 3 heteroatoms. The zero-order valence-corrected chi connectivity index (χ0v) is 10.9. The van der Waals surface area contributed by atoms with Crippen molar-refractivity contribution in [2.24, 2.45) is 5.73 Å². The van der Waals surface area contributed by atoms with E-state index in [0.29, 0.717) is 6.61 Å². The second-order valence-electron chi connectivity index (χ2n) is 3.75. The van der Waals surface area contributed by atoms with Crippen LogP contribution < -0.4 is 10.5 Å². The van der Waals surface area contributed by atoms with Crippen LogP contribution in [0.3, 0.4) is 0 Å². The molecule has 0 amide bonds. The zero-order valence-electron chi connectivity index (χ0n) is 9.34. The standard InChI is InChI=1S/C14H14BrNO/c15-13-9-5-4-8-12(13)14(16)10-17-11-6-2-1-3-7-11/h1-9,14H,10,16H2. The lowest BCUT2D eigenvalue weighted by molar-refractivity contribution is 0.290. The van der Waals surface area contributed by atoms with Crippen molar-refractivity contribution in [2.45, 2.75) is 6.04 Å². The Morgan fingerprint density at radius 2 is 1.65 bits per heavy atom. The van der Waals surface area contributed by atoms with Crippen LogP contribution in [0, 0.1) is 0 Å². The summed E-state index contributed by atoms with van der Waals surface area (Å²) >= 11 is 3.49. The van der Waals surface area contributed by atoms with Crippen LogP contribution in [0.15, 0.2) is 59.1 Å². The van der Waals surface area contributed by atoms with Crippen molar-refractivity contribution in [3.8, 4) is 5.75 Å². The quantitative estimate of drug-likeness (QED) is 0.935. The molecule has 2 rings (SSSR count). The molecule has 0 saturated carbocycles. The minimum absolute atomic E-state index is 0.134. The highest BCUT2D eigenvalue weighted by Crippen LogP contribution is 2.22. The van der Waals surface area contributed by atoms with Crippen LogP contribution in [0.2, 0.25) is 0 Å². The third-order valence-electron chi connectivity index (χ3n) is 2.48. The first kappa shape index (κ1) is 12.1. The Morgan fingerprint density at radius 1 is 1.00 bits per heavy atom. The van der Waals surface area contributed by atoms with Crippen LogP contribution in [0.25, 0.3) is 0 Å². The largest absolute Gasteiger partial charge is 0.492 e. The number of ether oxygens (including phenoxy) is 1. The molecule has 17 heavy (non-hydrogen) atoms. The summed E-state index contributed by atoms with van der Waals surface area (Å²) in [4.78, 5) is 0. The smallest absolute Gasteiger partial charge is 0.119 e. The van der Waals surface area contributed by atoms with Gasteiger partial charge in [-0.15, -0.1) is 0 Å². The number of hydrogen-bond acceptors (Lipinski definition) is 2. The molecule has 0 fully saturated rings. The second-order valence-corrected chi connectivity index (χ2v) is 4.61. The van der Waals surface area contributed by atoms with Gasteiger partial charge in [-0.2, -0.15) is 0 Å². The van der Waals surface area contributed by atoms with Crippen LogP contribution in [-0.4, -0.2) is 6.61 Å². The van der Waals surface area contributed by atoms with Crippen LogP contribution in [0.4, 0.5) is 0 Å². The molecule has 88 valence electrons.